The maximum atomic E-state index is 12.1. The van der Waals surface area contributed by atoms with Gasteiger partial charge in [-0.2, -0.15) is 0 Å². The first-order valence-electron chi connectivity index (χ1n) is 6.96. The number of benzene rings is 1. The molecule has 1 fully saturated rings. The average Bonchev–Trinajstić information content (AvgIpc) is 2.39. The van der Waals surface area contributed by atoms with Crippen molar-refractivity contribution in [2.45, 2.75) is 39.2 Å². The zero-order valence-corrected chi connectivity index (χ0v) is 11.8. The third-order valence-corrected chi connectivity index (χ3v) is 3.49. The summed E-state index contributed by atoms with van der Waals surface area (Å²) in [5.74, 6) is 0.0494. The Morgan fingerprint density at radius 3 is 2.89 bits per heavy atom. The van der Waals surface area contributed by atoms with Gasteiger partial charge in [-0.1, -0.05) is 23.8 Å². The summed E-state index contributed by atoms with van der Waals surface area (Å²) in [6.07, 6.45) is 3.54. The van der Waals surface area contributed by atoms with E-state index >= 15 is 0 Å². The van der Waals surface area contributed by atoms with Crippen molar-refractivity contribution < 1.29 is 14.3 Å². The summed E-state index contributed by atoms with van der Waals surface area (Å²) in [6.45, 7) is 5.47. The van der Waals surface area contributed by atoms with E-state index in [2.05, 4.69) is 0 Å². The van der Waals surface area contributed by atoms with Crippen molar-refractivity contribution in [2.75, 3.05) is 19.8 Å². The summed E-state index contributed by atoms with van der Waals surface area (Å²) in [7, 11) is 0. The molecule has 0 radical (unpaired) electrons. The molecular formula is C16H22O3. The van der Waals surface area contributed by atoms with Gasteiger partial charge in [0.05, 0.1) is 12.7 Å². The molecule has 104 valence electrons. The number of carbonyl (C=O) groups is 1. The van der Waals surface area contributed by atoms with Gasteiger partial charge in [-0.15, -0.1) is 0 Å². The van der Waals surface area contributed by atoms with Crippen molar-refractivity contribution in [1.82, 2.24) is 0 Å². The topological polar surface area (TPSA) is 35.5 Å². The Morgan fingerprint density at radius 1 is 1.37 bits per heavy atom. The predicted octanol–water partition coefficient (Wildman–Crippen LogP) is 3.07. The lowest BCUT2D eigenvalue weighted by Gasteiger charge is -2.22. The molecule has 19 heavy (non-hydrogen) atoms. The third kappa shape index (κ3) is 4.15. The number of carbonyl (C=O) groups excluding carboxylic acids is 1. The van der Waals surface area contributed by atoms with Crippen molar-refractivity contribution >= 4 is 5.78 Å². The highest BCUT2D eigenvalue weighted by Gasteiger charge is 2.15. The molecule has 2 rings (SSSR count). The van der Waals surface area contributed by atoms with Gasteiger partial charge in [0.2, 0.25) is 0 Å². The highest BCUT2D eigenvalue weighted by Crippen LogP contribution is 2.14. The van der Waals surface area contributed by atoms with Crippen LogP contribution in [0.2, 0.25) is 0 Å². The van der Waals surface area contributed by atoms with Crippen molar-refractivity contribution in [3.05, 3.63) is 34.9 Å². The molecule has 1 saturated heterocycles. The van der Waals surface area contributed by atoms with Gasteiger partial charge >= 0.3 is 0 Å². The fraction of sp³-hybridized carbons (Fsp3) is 0.562. The second kappa shape index (κ2) is 6.83. The van der Waals surface area contributed by atoms with Crippen LogP contribution in [0.5, 0.6) is 0 Å². The van der Waals surface area contributed by atoms with Crippen LogP contribution in [0.1, 0.15) is 40.7 Å². The molecule has 1 atom stereocenters. The Hall–Kier alpha value is -1.19. The smallest absolute Gasteiger partial charge is 0.188 e. The minimum atomic E-state index is 0.0494. The van der Waals surface area contributed by atoms with Gasteiger partial charge in [0, 0.05) is 12.2 Å². The van der Waals surface area contributed by atoms with Crippen LogP contribution in [0, 0.1) is 13.8 Å². The molecule has 0 spiro atoms. The van der Waals surface area contributed by atoms with E-state index in [1.54, 1.807) is 0 Å². The lowest BCUT2D eigenvalue weighted by atomic mass is 10.0. The van der Waals surface area contributed by atoms with Crippen LogP contribution in [0.15, 0.2) is 18.2 Å². The number of hydrogen-bond donors (Lipinski definition) is 0. The van der Waals surface area contributed by atoms with Crippen LogP contribution in [0.4, 0.5) is 0 Å². The molecule has 3 heteroatoms. The number of ketones is 1. The van der Waals surface area contributed by atoms with Gasteiger partial charge in [0.1, 0.15) is 6.61 Å². The Bertz CT molecular complexity index is 434. The van der Waals surface area contributed by atoms with E-state index in [4.69, 9.17) is 9.47 Å². The SMILES string of the molecule is Cc1ccc(C(=O)COCC2CCCCO2)c(C)c1. The first kappa shape index (κ1) is 14.2. The van der Waals surface area contributed by atoms with E-state index in [9.17, 15) is 4.79 Å². The zero-order chi connectivity index (χ0) is 13.7. The minimum Gasteiger partial charge on any atom is -0.376 e. The average molecular weight is 262 g/mol. The van der Waals surface area contributed by atoms with E-state index in [0.717, 1.165) is 30.6 Å². The summed E-state index contributed by atoms with van der Waals surface area (Å²) >= 11 is 0. The fourth-order valence-electron chi connectivity index (χ4n) is 2.43. The van der Waals surface area contributed by atoms with Crippen molar-refractivity contribution in [3.8, 4) is 0 Å². The second-order valence-corrected chi connectivity index (χ2v) is 5.25. The van der Waals surface area contributed by atoms with Crippen LogP contribution in [0.25, 0.3) is 0 Å². The summed E-state index contributed by atoms with van der Waals surface area (Å²) < 4.78 is 11.1. The Balaban J connectivity index is 1.80. The molecule has 1 heterocycles. The van der Waals surface area contributed by atoms with Crippen LogP contribution in [-0.2, 0) is 9.47 Å². The van der Waals surface area contributed by atoms with Gasteiger partial charge in [-0.25, -0.2) is 0 Å². The third-order valence-electron chi connectivity index (χ3n) is 3.49. The van der Waals surface area contributed by atoms with E-state index in [-0.39, 0.29) is 18.5 Å². The second-order valence-electron chi connectivity index (χ2n) is 5.25. The molecule has 1 aromatic carbocycles. The Labute approximate surface area is 114 Å². The fourth-order valence-corrected chi connectivity index (χ4v) is 2.43. The van der Waals surface area contributed by atoms with Crippen molar-refractivity contribution in [2.24, 2.45) is 0 Å². The number of ether oxygens (including phenoxy) is 2. The zero-order valence-electron chi connectivity index (χ0n) is 11.8. The monoisotopic (exact) mass is 262 g/mol. The van der Waals surface area contributed by atoms with E-state index < -0.39 is 0 Å². The Morgan fingerprint density at radius 2 is 2.21 bits per heavy atom. The van der Waals surface area contributed by atoms with Gasteiger partial charge in [0.15, 0.2) is 5.78 Å². The van der Waals surface area contributed by atoms with Gasteiger partial charge < -0.3 is 9.47 Å². The minimum absolute atomic E-state index is 0.0494. The van der Waals surface area contributed by atoms with E-state index in [1.807, 2.05) is 32.0 Å². The Kier molecular flexibility index (Phi) is 5.11. The lowest BCUT2D eigenvalue weighted by Crippen LogP contribution is -2.25. The number of hydrogen-bond acceptors (Lipinski definition) is 3. The molecule has 1 unspecified atom stereocenters. The highest BCUT2D eigenvalue weighted by atomic mass is 16.5. The number of aryl methyl sites for hydroxylation is 2. The normalized spacial score (nSPS) is 19.4. The van der Waals surface area contributed by atoms with E-state index in [1.165, 1.54) is 12.0 Å². The van der Waals surface area contributed by atoms with Crippen LogP contribution >= 0.6 is 0 Å². The highest BCUT2D eigenvalue weighted by molar-refractivity contribution is 5.98. The van der Waals surface area contributed by atoms with Gasteiger partial charge in [-0.3, -0.25) is 4.79 Å². The first-order valence-corrected chi connectivity index (χ1v) is 6.96. The standard InChI is InChI=1S/C16H22O3/c1-12-6-7-15(13(2)9-12)16(17)11-18-10-14-5-3-4-8-19-14/h6-7,9,14H,3-5,8,10-11H2,1-2H3. The largest absolute Gasteiger partial charge is 0.376 e. The summed E-state index contributed by atoms with van der Waals surface area (Å²) in [5, 5.41) is 0. The molecule has 1 aliphatic rings. The van der Waals surface area contributed by atoms with Gasteiger partial charge in [0.25, 0.3) is 0 Å². The molecule has 0 bridgehead atoms. The quantitative estimate of drug-likeness (QED) is 0.765. The van der Waals surface area contributed by atoms with Crippen LogP contribution in [0.3, 0.4) is 0 Å². The molecule has 0 aliphatic carbocycles. The van der Waals surface area contributed by atoms with Crippen LogP contribution < -0.4 is 0 Å². The molecule has 1 aliphatic heterocycles. The maximum Gasteiger partial charge on any atom is 0.188 e. The molecule has 0 N–H and O–H groups in total. The maximum absolute atomic E-state index is 12.1. The number of Topliss-reactive ketones (excluding diaryl/α,β-unsaturated/α-hetero) is 1. The number of rotatable bonds is 5. The first-order chi connectivity index (χ1) is 9.16. The van der Waals surface area contributed by atoms with Crippen molar-refractivity contribution in [1.29, 1.82) is 0 Å². The molecule has 3 nitrogen and oxygen atoms in total. The van der Waals surface area contributed by atoms with Gasteiger partial charge in [-0.05, 0) is 38.7 Å². The summed E-state index contributed by atoms with van der Waals surface area (Å²) in [6, 6.07) is 5.87. The molecule has 0 aromatic heterocycles. The van der Waals surface area contributed by atoms with Crippen molar-refractivity contribution in [3.63, 3.8) is 0 Å². The molecule has 0 saturated carbocycles. The van der Waals surface area contributed by atoms with Crippen LogP contribution in [-0.4, -0.2) is 31.7 Å². The molecule has 0 amide bonds. The summed E-state index contributed by atoms with van der Waals surface area (Å²) in [4.78, 5) is 12.1. The molecular weight excluding hydrogens is 240 g/mol. The lowest BCUT2D eigenvalue weighted by molar-refractivity contribution is -0.0370. The predicted molar refractivity (Wildman–Crippen MR) is 74.7 cm³/mol. The van der Waals surface area contributed by atoms with E-state index in [0.29, 0.717) is 6.61 Å². The molecule has 1 aromatic rings. The summed E-state index contributed by atoms with van der Waals surface area (Å²) in [5.41, 5.74) is 2.95.